The van der Waals surface area contributed by atoms with Crippen LogP contribution in [0.4, 0.5) is 8.78 Å². The van der Waals surface area contributed by atoms with Crippen molar-refractivity contribution < 1.29 is 23.1 Å². The van der Waals surface area contributed by atoms with Crippen molar-refractivity contribution in [1.29, 1.82) is 0 Å². The Balaban J connectivity index is 1.35. The summed E-state index contributed by atoms with van der Waals surface area (Å²) in [4.78, 5) is 28.7. The van der Waals surface area contributed by atoms with E-state index in [0.29, 0.717) is 37.8 Å². The van der Waals surface area contributed by atoms with E-state index in [1.165, 1.54) is 0 Å². The number of amides is 2. The lowest BCUT2D eigenvalue weighted by Crippen LogP contribution is -2.51. The summed E-state index contributed by atoms with van der Waals surface area (Å²) < 4.78 is 31.8. The Morgan fingerprint density at radius 1 is 0.867 bits per heavy atom. The summed E-state index contributed by atoms with van der Waals surface area (Å²) in [6.07, 6.45) is 0. The van der Waals surface area contributed by atoms with Gasteiger partial charge in [0.2, 0.25) is 0 Å². The summed E-state index contributed by atoms with van der Waals surface area (Å²) >= 11 is 0. The van der Waals surface area contributed by atoms with E-state index in [0.717, 1.165) is 22.9 Å². The quantitative estimate of drug-likeness (QED) is 0.662. The molecule has 0 spiro atoms. The van der Waals surface area contributed by atoms with Crippen molar-refractivity contribution in [2.75, 3.05) is 32.8 Å². The fourth-order valence-corrected chi connectivity index (χ4v) is 3.56. The van der Waals surface area contributed by atoms with Crippen LogP contribution in [0.25, 0.3) is 10.8 Å². The highest BCUT2D eigenvalue weighted by molar-refractivity contribution is 6.07. The highest BCUT2D eigenvalue weighted by Crippen LogP contribution is 2.21. The highest BCUT2D eigenvalue weighted by Gasteiger charge is 2.26. The van der Waals surface area contributed by atoms with Gasteiger partial charge in [0.15, 0.2) is 18.2 Å². The molecule has 3 aromatic rings. The van der Waals surface area contributed by atoms with Crippen molar-refractivity contribution in [1.82, 2.24) is 9.80 Å². The fourth-order valence-electron chi connectivity index (χ4n) is 3.56. The Morgan fingerprint density at radius 2 is 1.57 bits per heavy atom. The summed E-state index contributed by atoms with van der Waals surface area (Å²) in [5, 5.41) is 1.90. The van der Waals surface area contributed by atoms with Gasteiger partial charge in [0.05, 0.1) is 0 Å². The molecule has 1 fully saturated rings. The summed E-state index contributed by atoms with van der Waals surface area (Å²) in [6, 6.07) is 16.3. The zero-order chi connectivity index (χ0) is 21.1. The number of piperazine rings is 1. The zero-order valence-electron chi connectivity index (χ0n) is 16.2. The summed E-state index contributed by atoms with van der Waals surface area (Å²) in [7, 11) is 0. The van der Waals surface area contributed by atoms with E-state index in [1.54, 1.807) is 9.80 Å². The molecule has 154 valence electrons. The Bertz CT molecular complexity index is 1090. The standard InChI is InChI=1S/C23H20F2N2O3/c24-17-8-9-21(20(25)14-17)30-15-22(28)26-10-12-27(13-11-26)23(29)19-7-3-5-16-4-1-2-6-18(16)19/h1-9,14H,10-13,15H2. The van der Waals surface area contributed by atoms with Gasteiger partial charge < -0.3 is 14.5 Å². The molecule has 1 heterocycles. The number of carbonyl (C=O) groups excluding carboxylic acids is 2. The van der Waals surface area contributed by atoms with Crippen molar-refractivity contribution in [3.63, 3.8) is 0 Å². The molecular weight excluding hydrogens is 390 g/mol. The minimum Gasteiger partial charge on any atom is -0.481 e. The van der Waals surface area contributed by atoms with Gasteiger partial charge in [-0.2, -0.15) is 0 Å². The van der Waals surface area contributed by atoms with Gasteiger partial charge in [-0.3, -0.25) is 9.59 Å². The summed E-state index contributed by atoms with van der Waals surface area (Å²) in [5.41, 5.74) is 0.642. The molecule has 0 saturated carbocycles. The second kappa shape index (κ2) is 8.49. The van der Waals surface area contributed by atoms with Gasteiger partial charge >= 0.3 is 0 Å². The second-order valence-corrected chi connectivity index (χ2v) is 7.06. The molecule has 7 heteroatoms. The van der Waals surface area contributed by atoms with Gasteiger partial charge in [0, 0.05) is 37.8 Å². The Morgan fingerprint density at radius 3 is 2.33 bits per heavy atom. The predicted molar refractivity (Wildman–Crippen MR) is 108 cm³/mol. The number of benzene rings is 3. The van der Waals surface area contributed by atoms with Crippen LogP contribution in [0.2, 0.25) is 0 Å². The van der Waals surface area contributed by atoms with E-state index >= 15 is 0 Å². The van der Waals surface area contributed by atoms with Crippen molar-refractivity contribution in [2.24, 2.45) is 0 Å². The number of rotatable bonds is 4. The topological polar surface area (TPSA) is 49.9 Å². The Kier molecular flexibility index (Phi) is 5.61. The molecule has 1 saturated heterocycles. The van der Waals surface area contributed by atoms with E-state index in [1.807, 2.05) is 42.5 Å². The molecule has 0 atom stereocenters. The first kappa shape index (κ1) is 19.8. The normalized spacial score (nSPS) is 14.1. The third-order valence-corrected chi connectivity index (χ3v) is 5.18. The first-order chi connectivity index (χ1) is 14.5. The lowest BCUT2D eigenvalue weighted by molar-refractivity contribution is -0.134. The minimum atomic E-state index is -0.853. The predicted octanol–water partition coefficient (Wildman–Crippen LogP) is 3.48. The lowest BCUT2D eigenvalue weighted by atomic mass is 10.0. The minimum absolute atomic E-state index is 0.0662. The summed E-state index contributed by atoms with van der Waals surface area (Å²) in [5.74, 6) is -2.11. The number of hydrogen-bond acceptors (Lipinski definition) is 3. The second-order valence-electron chi connectivity index (χ2n) is 7.06. The third-order valence-electron chi connectivity index (χ3n) is 5.18. The molecule has 5 nitrogen and oxygen atoms in total. The van der Waals surface area contributed by atoms with Crippen LogP contribution in [0.3, 0.4) is 0 Å². The molecule has 2 amide bonds. The van der Waals surface area contributed by atoms with Crippen molar-refractivity contribution in [3.8, 4) is 5.75 Å². The van der Waals surface area contributed by atoms with E-state index < -0.39 is 11.6 Å². The van der Waals surface area contributed by atoms with E-state index in [2.05, 4.69) is 0 Å². The SMILES string of the molecule is O=C(COc1ccc(F)cc1F)N1CCN(C(=O)c2cccc3ccccc23)CC1. The highest BCUT2D eigenvalue weighted by atomic mass is 19.1. The maximum atomic E-state index is 13.6. The van der Waals surface area contributed by atoms with Crippen LogP contribution in [0.1, 0.15) is 10.4 Å². The maximum absolute atomic E-state index is 13.6. The van der Waals surface area contributed by atoms with E-state index in [4.69, 9.17) is 4.74 Å². The average Bonchev–Trinajstić information content (AvgIpc) is 2.77. The van der Waals surface area contributed by atoms with Crippen LogP contribution in [0.15, 0.2) is 60.7 Å². The first-order valence-electron chi connectivity index (χ1n) is 9.65. The number of fused-ring (bicyclic) bond motifs is 1. The van der Waals surface area contributed by atoms with Gasteiger partial charge in [-0.25, -0.2) is 8.78 Å². The number of ether oxygens (including phenoxy) is 1. The molecule has 0 radical (unpaired) electrons. The molecule has 0 bridgehead atoms. The molecule has 4 rings (SSSR count). The van der Waals surface area contributed by atoms with Crippen LogP contribution in [0, 0.1) is 11.6 Å². The van der Waals surface area contributed by atoms with Gasteiger partial charge in [0.1, 0.15) is 5.82 Å². The summed E-state index contributed by atoms with van der Waals surface area (Å²) in [6.45, 7) is 1.19. The fraction of sp³-hybridized carbons (Fsp3) is 0.217. The third kappa shape index (κ3) is 4.10. The number of halogens is 2. The Labute approximate surface area is 172 Å². The molecular formula is C23H20F2N2O3. The monoisotopic (exact) mass is 410 g/mol. The van der Waals surface area contributed by atoms with Crippen LogP contribution in [-0.4, -0.2) is 54.4 Å². The first-order valence-corrected chi connectivity index (χ1v) is 9.65. The largest absolute Gasteiger partial charge is 0.481 e. The van der Waals surface area contributed by atoms with Gasteiger partial charge in [-0.05, 0) is 29.0 Å². The lowest BCUT2D eigenvalue weighted by Gasteiger charge is -2.35. The molecule has 30 heavy (non-hydrogen) atoms. The van der Waals surface area contributed by atoms with Crippen LogP contribution >= 0.6 is 0 Å². The molecule has 1 aliphatic heterocycles. The van der Waals surface area contributed by atoms with Crippen molar-refractivity contribution in [3.05, 3.63) is 77.9 Å². The zero-order valence-corrected chi connectivity index (χ0v) is 16.2. The maximum Gasteiger partial charge on any atom is 0.260 e. The van der Waals surface area contributed by atoms with Gasteiger partial charge in [-0.1, -0.05) is 36.4 Å². The van der Waals surface area contributed by atoms with Gasteiger partial charge in [-0.15, -0.1) is 0 Å². The number of carbonyl (C=O) groups is 2. The Hall–Kier alpha value is -3.48. The van der Waals surface area contributed by atoms with Gasteiger partial charge in [0.25, 0.3) is 11.8 Å². The van der Waals surface area contributed by atoms with Crippen LogP contribution in [0.5, 0.6) is 5.75 Å². The van der Waals surface area contributed by atoms with E-state index in [9.17, 15) is 18.4 Å². The number of hydrogen-bond donors (Lipinski definition) is 0. The molecule has 0 N–H and O–H groups in total. The molecule has 0 aromatic heterocycles. The van der Waals surface area contributed by atoms with Crippen LogP contribution < -0.4 is 4.74 Å². The van der Waals surface area contributed by atoms with Crippen molar-refractivity contribution in [2.45, 2.75) is 0 Å². The van der Waals surface area contributed by atoms with Crippen molar-refractivity contribution >= 4 is 22.6 Å². The van der Waals surface area contributed by atoms with Crippen LogP contribution in [-0.2, 0) is 4.79 Å². The smallest absolute Gasteiger partial charge is 0.260 e. The molecule has 1 aliphatic rings. The molecule has 3 aromatic carbocycles. The number of nitrogens with zero attached hydrogens (tertiary/aromatic N) is 2. The van der Waals surface area contributed by atoms with E-state index in [-0.39, 0.29) is 24.2 Å². The molecule has 0 aliphatic carbocycles. The average molecular weight is 410 g/mol. The molecule has 0 unspecified atom stereocenters.